The third-order valence-corrected chi connectivity index (χ3v) is 3.74. The number of esters is 3. The number of carbonyl (C=O) groups is 3. The predicted octanol–water partition coefficient (Wildman–Crippen LogP) is 3.81. The fourth-order valence-electron chi connectivity index (χ4n) is 1.56. The summed E-state index contributed by atoms with van der Waals surface area (Å²) in [5.74, 6) is -1.55. The van der Waals surface area contributed by atoms with Crippen molar-refractivity contribution in [3.63, 3.8) is 0 Å². The van der Waals surface area contributed by atoms with Crippen molar-refractivity contribution in [2.24, 2.45) is 10.8 Å². The molecule has 0 aliphatic carbocycles. The lowest BCUT2D eigenvalue weighted by Gasteiger charge is -2.29. The molecular weight excluding hydrogens is 404 g/mol. The van der Waals surface area contributed by atoms with Gasteiger partial charge in [-0.15, -0.1) is 6.58 Å². The Labute approximate surface area is 164 Å². The van der Waals surface area contributed by atoms with Gasteiger partial charge in [0, 0.05) is 0 Å². The van der Waals surface area contributed by atoms with Crippen molar-refractivity contribution in [3.05, 3.63) is 12.7 Å². The van der Waals surface area contributed by atoms with Crippen molar-refractivity contribution in [1.82, 2.24) is 0 Å². The number of allylic oxidation sites excluding steroid dienone is 1. The molecule has 0 amide bonds. The maximum atomic E-state index is 12.5. The average molecular weight is 435 g/mol. The Bertz CT molecular complexity index is 483. The van der Waals surface area contributed by atoms with Crippen LogP contribution in [0.2, 0.25) is 0 Å². The summed E-state index contributed by atoms with van der Waals surface area (Å²) in [6.07, 6.45) is 3.09. The second-order valence-corrected chi connectivity index (χ2v) is 9.98. The van der Waals surface area contributed by atoms with Gasteiger partial charge in [0.1, 0.15) is 23.0 Å². The van der Waals surface area contributed by atoms with Crippen LogP contribution in [0.5, 0.6) is 0 Å². The molecule has 0 fully saturated rings. The van der Waals surface area contributed by atoms with E-state index >= 15 is 0 Å². The van der Waals surface area contributed by atoms with E-state index in [9.17, 15) is 14.4 Å². The molecule has 6 nitrogen and oxygen atoms in total. The van der Waals surface area contributed by atoms with Gasteiger partial charge < -0.3 is 14.2 Å². The Morgan fingerprint density at radius 3 is 1.81 bits per heavy atom. The van der Waals surface area contributed by atoms with Crippen LogP contribution in [0.1, 0.15) is 54.4 Å². The van der Waals surface area contributed by atoms with E-state index in [4.69, 9.17) is 14.2 Å². The summed E-state index contributed by atoms with van der Waals surface area (Å²) in [4.78, 5) is 36.5. The van der Waals surface area contributed by atoms with Gasteiger partial charge >= 0.3 is 17.9 Å². The van der Waals surface area contributed by atoms with E-state index in [2.05, 4.69) is 22.5 Å². The van der Waals surface area contributed by atoms with Crippen molar-refractivity contribution in [2.45, 2.75) is 58.7 Å². The summed E-state index contributed by atoms with van der Waals surface area (Å²) in [6.45, 7) is 13.3. The lowest BCUT2D eigenvalue weighted by molar-refractivity contribution is -0.173. The second-order valence-electron chi connectivity index (χ2n) is 8.00. The van der Waals surface area contributed by atoms with E-state index in [1.54, 1.807) is 47.6 Å². The lowest BCUT2D eigenvalue weighted by Crippen LogP contribution is -2.43. The Balaban J connectivity index is 5.05. The minimum absolute atomic E-state index is 0.214. The summed E-state index contributed by atoms with van der Waals surface area (Å²) in [5.41, 5.74) is -1.99. The normalized spacial score (nSPS) is 14.1. The van der Waals surface area contributed by atoms with Crippen LogP contribution in [0.4, 0.5) is 0 Å². The molecule has 0 spiro atoms. The first-order chi connectivity index (χ1) is 11.7. The monoisotopic (exact) mass is 434 g/mol. The van der Waals surface area contributed by atoms with Gasteiger partial charge in [0.2, 0.25) is 0 Å². The number of rotatable bonds is 10. The first kappa shape index (κ1) is 24.6. The van der Waals surface area contributed by atoms with E-state index in [0.29, 0.717) is 6.42 Å². The van der Waals surface area contributed by atoms with Gasteiger partial charge in [-0.3, -0.25) is 14.4 Å². The molecule has 0 heterocycles. The SMILES string of the molecule is C=CCCCOC(=O)C(C)(COC(=O)C(C)(C)C)COC(=O)C(C)(C)Br. The van der Waals surface area contributed by atoms with Crippen LogP contribution in [0.15, 0.2) is 12.7 Å². The van der Waals surface area contributed by atoms with Crippen LogP contribution < -0.4 is 0 Å². The fraction of sp³-hybridized carbons (Fsp3) is 0.737. The molecule has 150 valence electrons. The van der Waals surface area contributed by atoms with Crippen molar-refractivity contribution in [2.75, 3.05) is 19.8 Å². The number of hydrogen-bond acceptors (Lipinski definition) is 6. The maximum absolute atomic E-state index is 12.5. The molecule has 0 aliphatic rings. The third kappa shape index (κ3) is 8.83. The first-order valence-corrected chi connectivity index (χ1v) is 9.35. The zero-order valence-electron chi connectivity index (χ0n) is 16.6. The number of halogens is 1. The van der Waals surface area contributed by atoms with E-state index in [1.807, 2.05) is 0 Å². The molecule has 0 rings (SSSR count). The summed E-state index contributed by atoms with van der Waals surface area (Å²) < 4.78 is 14.9. The summed E-state index contributed by atoms with van der Waals surface area (Å²) in [6, 6.07) is 0. The Hall–Kier alpha value is -1.37. The molecule has 1 atom stereocenters. The quantitative estimate of drug-likeness (QED) is 0.171. The van der Waals surface area contributed by atoms with Gasteiger partial charge in [-0.1, -0.05) is 22.0 Å². The molecule has 7 heteroatoms. The molecular formula is C19H31BrO6. The van der Waals surface area contributed by atoms with E-state index in [1.165, 1.54) is 0 Å². The number of hydrogen-bond donors (Lipinski definition) is 0. The Kier molecular flexibility index (Phi) is 9.56. The maximum Gasteiger partial charge on any atom is 0.322 e. The van der Waals surface area contributed by atoms with Crippen molar-refractivity contribution in [1.29, 1.82) is 0 Å². The molecule has 0 saturated carbocycles. The van der Waals surface area contributed by atoms with E-state index in [-0.39, 0.29) is 19.8 Å². The molecule has 0 aromatic heterocycles. The zero-order valence-corrected chi connectivity index (χ0v) is 18.2. The van der Waals surface area contributed by atoms with Crippen LogP contribution in [0.3, 0.4) is 0 Å². The number of unbranched alkanes of at least 4 members (excludes halogenated alkanes) is 1. The molecule has 1 unspecified atom stereocenters. The fourth-order valence-corrected chi connectivity index (χ4v) is 1.68. The van der Waals surface area contributed by atoms with Crippen LogP contribution in [-0.4, -0.2) is 42.1 Å². The van der Waals surface area contributed by atoms with Gasteiger partial charge in [0.05, 0.1) is 12.0 Å². The van der Waals surface area contributed by atoms with Crippen LogP contribution in [0, 0.1) is 10.8 Å². The third-order valence-electron chi connectivity index (χ3n) is 3.42. The first-order valence-electron chi connectivity index (χ1n) is 8.55. The summed E-state index contributed by atoms with van der Waals surface area (Å²) >= 11 is 3.21. The van der Waals surface area contributed by atoms with Crippen molar-refractivity contribution in [3.8, 4) is 0 Å². The van der Waals surface area contributed by atoms with Crippen molar-refractivity contribution < 1.29 is 28.6 Å². The highest BCUT2D eigenvalue weighted by Crippen LogP contribution is 2.25. The minimum atomic E-state index is -1.29. The summed E-state index contributed by atoms with van der Waals surface area (Å²) in [5, 5.41) is 0. The van der Waals surface area contributed by atoms with Crippen LogP contribution >= 0.6 is 15.9 Å². The largest absolute Gasteiger partial charge is 0.465 e. The van der Waals surface area contributed by atoms with E-state index < -0.39 is 33.1 Å². The molecule has 0 N–H and O–H groups in total. The Morgan fingerprint density at radius 1 is 0.885 bits per heavy atom. The highest BCUT2D eigenvalue weighted by atomic mass is 79.9. The highest BCUT2D eigenvalue weighted by molar-refractivity contribution is 9.10. The van der Waals surface area contributed by atoms with Gasteiger partial charge in [-0.2, -0.15) is 0 Å². The highest BCUT2D eigenvalue weighted by Gasteiger charge is 2.40. The van der Waals surface area contributed by atoms with Crippen LogP contribution in [0.25, 0.3) is 0 Å². The van der Waals surface area contributed by atoms with Crippen LogP contribution in [-0.2, 0) is 28.6 Å². The van der Waals surface area contributed by atoms with Gasteiger partial charge in [0.15, 0.2) is 0 Å². The van der Waals surface area contributed by atoms with Gasteiger partial charge in [-0.25, -0.2) is 0 Å². The second kappa shape index (κ2) is 10.1. The molecule has 26 heavy (non-hydrogen) atoms. The number of carbonyl (C=O) groups excluding carboxylic acids is 3. The zero-order chi connectivity index (χ0) is 20.6. The summed E-state index contributed by atoms with van der Waals surface area (Å²) in [7, 11) is 0. The molecule has 0 aromatic rings. The molecule has 0 bridgehead atoms. The van der Waals surface area contributed by atoms with Crippen molar-refractivity contribution >= 4 is 33.8 Å². The molecule has 0 saturated heterocycles. The lowest BCUT2D eigenvalue weighted by atomic mass is 9.92. The predicted molar refractivity (Wildman–Crippen MR) is 103 cm³/mol. The standard InChI is InChI=1S/C19H31BrO6/c1-8-9-10-11-24-16(23)19(7,12-25-14(21)17(2,3)4)13-26-15(22)18(5,6)20/h8H,1,9-13H2,2-7H3. The number of alkyl halides is 1. The molecule has 0 radical (unpaired) electrons. The topological polar surface area (TPSA) is 78.9 Å². The van der Waals surface area contributed by atoms with Gasteiger partial charge in [-0.05, 0) is 54.4 Å². The molecule has 0 aromatic carbocycles. The van der Waals surface area contributed by atoms with Gasteiger partial charge in [0.25, 0.3) is 0 Å². The van der Waals surface area contributed by atoms with E-state index in [0.717, 1.165) is 6.42 Å². The minimum Gasteiger partial charge on any atom is -0.465 e. The number of ether oxygens (including phenoxy) is 3. The Morgan fingerprint density at radius 2 is 1.38 bits per heavy atom. The average Bonchev–Trinajstić information content (AvgIpc) is 2.52. The molecule has 0 aliphatic heterocycles. The smallest absolute Gasteiger partial charge is 0.322 e.